The van der Waals surface area contributed by atoms with Crippen molar-refractivity contribution in [2.75, 3.05) is 7.05 Å². The second-order valence-electron chi connectivity index (χ2n) is 3.91. The van der Waals surface area contributed by atoms with Gasteiger partial charge in [-0.2, -0.15) is 5.10 Å². The number of aryl methyl sites for hydroxylation is 1. The summed E-state index contributed by atoms with van der Waals surface area (Å²) in [6.45, 7) is 2.86. The number of aromatic nitrogens is 2. The maximum absolute atomic E-state index is 11.5. The van der Waals surface area contributed by atoms with Gasteiger partial charge in [-0.3, -0.25) is 9.48 Å². The van der Waals surface area contributed by atoms with E-state index in [0.29, 0.717) is 6.42 Å². The monoisotopic (exact) mass is 208 g/mol. The molecule has 82 valence electrons. The molecule has 2 heterocycles. The summed E-state index contributed by atoms with van der Waals surface area (Å²) in [5, 5.41) is 4.39. The van der Waals surface area contributed by atoms with Crippen molar-refractivity contribution < 1.29 is 4.79 Å². The molecule has 5 nitrogen and oxygen atoms in total. The maximum atomic E-state index is 11.5. The third-order valence-electron chi connectivity index (χ3n) is 2.91. The van der Waals surface area contributed by atoms with Gasteiger partial charge in [-0.15, -0.1) is 0 Å². The fraction of sp³-hybridized carbons (Fsp3) is 0.600. The molecule has 1 aromatic rings. The molecule has 0 aromatic carbocycles. The fourth-order valence-corrected chi connectivity index (χ4v) is 2.03. The molecule has 1 amide bonds. The molecule has 1 fully saturated rings. The molecule has 0 bridgehead atoms. The van der Waals surface area contributed by atoms with Crippen molar-refractivity contribution in [2.45, 2.75) is 32.0 Å². The molecular weight excluding hydrogens is 192 g/mol. The van der Waals surface area contributed by atoms with Crippen LogP contribution in [0.5, 0.6) is 0 Å². The first-order valence-electron chi connectivity index (χ1n) is 5.18. The molecule has 0 aliphatic carbocycles. The van der Waals surface area contributed by atoms with Crippen molar-refractivity contribution in [1.29, 1.82) is 0 Å². The summed E-state index contributed by atoms with van der Waals surface area (Å²) in [7, 11) is 1.78. The van der Waals surface area contributed by atoms with Crippen LogP contribution in [0.15, 0.2) is 12.3 Å². The van der Waals surface area contributed by atoms with Gasteiger partial charge in [-0.05, 0) is 13.0 Å². The van der Waals surface area contributed by atoms with E-state index < -0.39 is 0 Å². The molecule has 0 spiro atoms. The molecule has 0 saturated carbocycles. The number of rotatable bonds is 2. The number of likely N-dealkylation sites (tertiary alicyclic amines) is 1. The quantitative estimate of drug-likeness (QED) is 0.751. The van der Waals surface area contributed by atoms with E-state index in [1.165, 1.54) is 0 Å². The Bertz CT molecular complexity index is 373. The van der Waals surface area contributed by atoms with Crippen LogP contribution in [0.25, 0.3) is 0 Å². The van der Waals surface area contributed by atoms with Crippen molar-refractivity contribution in [3.8, 4) is 0 Å². The van der Waals surface area contributed by atoms with E-state index in [1.807, 2.05) is 23.9 Å². The minimum absolute atomic E-state index is 0.0645. The second kappa shape index (κ2) is 3.66. The van der Waals surface area contributed by atoms with Crippen LogP contribution in [0.2, 0.25) is 0 Å². The third kappa shape index (κ3) is 1.63. The number of nitrogens with two attached hydrogens (primary N) is 1. The van der Waals surface area contributed by atoms with Crippen LogP contribution in [0.1, 0.15) is 25.1 Å². The fourth-order valence-electron chi connectivity index (χ4n) is 2.03. The van der Waals surface area contributed by atoms with Crippen LogP contribution in [-0.2, 0) is 11.3 Å². The van der Waals surface area contributed by atoms with Crippen LogP contribution >= 0.6 is 0 Å². The Morgan fingerprint density at radius 1 is 1.67 bits per heavy atom. The largest absolute Gasteiger partial charge is 0.335 e. The standard InChI is InChI=1S/C10H16N4O/c1-3-14-5-4-8(12-14)10-7(11)6-9(15)13(10)2/h4-5,7,10H,3,6,11H2,1-2H3/t7-,10-/m1/s1. The van der Waals surface area contributed by atoms with Gasteiger partial charge in [0, 0.05) is 32.3 Å². The number of carbonyl (C=O) groups excluding carboxylic acids is 1. The first-order chi connectivity index (χ1) is 7.13. The summed E-state index contributed by atoms with van der Waals surface area (Å²) in [4.78, 5) is 13.1. The molecule has 2 rings (SSSR count). The molecule has 1 saturated heterocycles. The van der Waals surface area contributed by atoms with E-state index >= 15 is 0 Å². The molecule has 1 aliphatic rings. The van der Waals surface area contributed by atoms with Crippen LogP contribution in [0.4, 0.5) is 0 Å². The van der Waals surface area contributed by atoms with Crippen LogP contribution < -0.4 is 5.73 Å². The van der Waals surface area contributed by atoms with E-state index in [1.54, 1.807) is 11.9 Å². The number of likely N-dealkylation sites (N-methyl/N-ethyl adjacent to an activating group) is 1. The number of hydrogen-bond acceptors (Lipinski definition) is 3. The lowest BCUT2D eigenvalue weighted by atomic mass is 10.1. The van der Waals surface area contributed by atoms with E-state index in [2.05, 4.69) is 5.10 Å². The molecule has 0 radical (unpaired) electrons. The summed E-state index contributed by atoms with van der Waals surface area (Å²) in [5.74, 6) is 0.0959. The first kappa shape index (κ1) is 10.2. The Morgan fingerprint density at radius 2 is 2.40 bits per heavy atom. The van der Waals surface area contributed by atoms with Crippen molar-refractivity contribution in [2.24, 2.45) is 5.73 Å². The Labute approximate surface area is 88.8 Å². The first-order valence-corrected chi connectivity index (χ1v) is 5.18. The van der Waals surface area contributed by atoms with Crippen LogP contribution in [0.3, 0.4) is 0 Å². The highest BCUT2D eigenvalue weighted by Crippen LogP contribution is 2.29. The third-order valence-corrected chi connectivity index (χ3v) is 2.91. The van der Waals surface area contributed by atoms with Crippen molar-refractivity contribution in [3.05, 3.63) is 18.0 Å². The molecule has 0 unspecified atom stereocenters. The Balaban J connectivity index is 2.26. The van der Waals surface area contributed by atoms with Gasteiger partial charge in [-0.25, -0.2) is 0 Å². The van der Waals surface area contributed by atoms with Gasteiger partial charge in [0.15, 0.2) is 0 Å². The average molecular weight is 208 g/mol. The summed E-state index contributed by atoms with van der Waals surface area (Å²) in [6, 6.07) is 1.73. The number of carbonyl (C=O) groups is 1. The predicted molar refractivity (Wildman–Crippen MR) is 56.0 cm³/mol. The number of hydrogen-bond donors (Lipinski definition) is 1. The zero-order chi connectivity index (χ0) is 11.0. The smallest absolute Gasteiger partial charge is 0.224 e. The van der Waals surface area contributed by atoms with Crippen LogP contribution in [0, 0.1) is 0 Å². The minimum atomic E-state index is -0.136. The Morgan fingerprint density at radius 3 is 2.87 bits per heavy atom. The highest BCUT2D eigenvalue weighted by Gasteiger charge is 2.37. The Hall–Kier alpha value is -1.36. The normalized spacial score (nSPS) is 26.3. The Kier molecular flexibility index (Phi) is 2.48. The zero-order valence-corrected chi connectivity index (χ0v) is 9.05. The predicted octanol–water partition coefficient (Wildman–Crippen LogP) is 0.134. The van der Waals surface area contributed by atoms with Gasteiger partial charge >= 0.3 is 0 Å². The minimum Gasteiger partial charge on any atom is -0.335 e. The van der Waals surface area contributed by atoms with Gasteiger partial charge in [-0.1, -0.05) is 0 Å². The summed E-state index contributed by atoms with van der Waals surface area (Å²) < 4.78 is 1.85. The van der Waals surface area contributed by atoms with E-state index in [4.69, 9.17) is 5.73 Å². The van der Waals surface area contributed by atoms with Crippen molar-refractivity contribution in [3.63, 3.8) is 0 Å². The molecule has 1 aromatic heterocycles. The molecule has 1 aliphatic heterocycles. The highest BCUT2D eigenvalue weighted by atomic mass is 16.2. The maximum Gasteiger partial charge on any atom is 0.224 e. The molecule has 2 N–H and O–H groups in total. The van der Waals surface area contributed by atoms with Gasteiger partial charge in [0.1, 0.15) is 0 Å². The molecular formula is C10H16N4O. The van der Waals surface area contributed by atoms with E-state index in [9.17, 15) is 4.79 Å². The molecule has 5 heteroatoms. The van der Waals surface area contributed by atoms with Gasteiger partial charge in [0.25, 0.3) is 0 Å². The second-order valence-corrected chi connectivity index (χ2v) is 3.91. The lowest BCUT2D eigenvalue weighted by molar-refractivity contribution is -0.127. The molecule has 2 atom stereocenters. The number of nitrogens with zero attached hydrogens (tertiary/aromatic N) is 3. The molecule has 15 heavy (non-hydrogen) atoms. The van der Waals surface area contributed by atoms with Crippen molar-refractivity contribution >= 4 is 5.91 Å². The zero-order valence-electron chi connectivity index (χ0n) is 9.05. The lowest BCUT2D eigenvalue weighted by Crippen LogP contribution is -2.30. The summed E-state index contributed by atoms with van der Waals surface area (Å²) >= 11 is 0. The summed E-state index contributed by atoms with van der Waals surface area (Å²) in [5.41, 5.74) is 6.82. The van der Waals surface area contributed by atoms with E-state index in [-0.39, 0.29) is 18.0 Å². The topological polar surface area (TPSA) is 64.2 Å². The SMILES string of the molecule is CCn1ccc([C@H]2[C@H](N)CC(=O)N2C)n1. The van der Waals surface area contributed by atoms with Gasteiger partial charge in [0.05, 0.1) is 11.7 Å². The highest BCUT2D eigenvalue weighted by molar-refractivity contribution is 5.79. The van der Waals surface area contributed by atoms with Crippen molar-refractivity contribution in [1.82, 2.24) is 14.7 Å². The average Bonchev–Trinajstić information content (AvgIpc) is 2.74. The number of amides is 1. The lowest BCUT2D eigenvalue weighted by Gasteiger charge is -2.20. The van der Waals surface area contributed by atoms with Gasteiger partial charge in [0.2, 0.25) is 5.91 Å². The van der Waals surface area contributed by atoms with Crippen LogP contribution in [-0.4, -0.2) is 33.7 Å². The van der Waals surface area contributed by atoms with Gasteiger partial charge < -0.3 is 10.6 Å². The van der Waals surface area contributed by atoms with E-state index in [0.717, 1.165) is 12.2 Å². The summed E-state index contributed by atoms with van der Waals surface area (Å²) in [6.07, 6.45) is 2.33.